The fourth-order valence-corrected chi connectivity index (χ4v) is 2.06. The standard InChI is InChI=1S/C12H9BrF3NO/c13-9-4-3-7(6-8(9)12(14,15)16)11(17)10-2-1-5-18-10/h1-6,11H,17H2. The maximum atomic E-state index is 12.7. The van der Waals surface area contributed by atoms with Gasteiger partial charge >= 0.3 is 6.18 Å². The smallest absolute Gasteiger partial charge is 0.417 e. The topological polar surface area (TPSA) is 39.2 Å². The van der Waals surface area contributed by atoms with Crippen molar-refractivity contribution in [3.05, 3.63) is 58.0 Å². The third-order valence-corrected chi connectivity index (χ3v) is 3.20. The average Bonchev–Trinajstić information content (AvgIpc) is 2.80. The van der Waals surface area contributed by atoms with Crippen LogP contribution in [0.1, 0.15) is 22.9 Å². The zero-order valence-electron chi connectivity index (χ0n) is 9.04. The normalized spacial score (nSPS) is 13.6. The number of halogens is 4. The molecular weight excluding hydrogens is 311 g/mol. The first-order valence-corrected chi connectivity index (χ1v) is 5.84. The summed E-state index contributed by atoms with van der Waals surface area (Å²) in [5.74, 6) is 0.422. The number of hydrogen-bond acceptors (Lipinski definition) is 2. The number of rotatable bonds is 2. The number of nitrogens with two attached hydrogens (primary N) is 1. The van der Waals surface area contributed by atoms with Gasteiger partial charge in [0.2, 0.25) is 0 Å². The highest BCUT2D eigenvalue weighted by Gasteiger charge is 2.33. The molecule has 0 aliphatic heterocycles. The van der Waals surface area contributed by atoms with Gasteiger partial charge in [-0.15, -0.1) is 0 Å². The minimum absolute atomic E-state index is 0.00889. The van der Waals surface area contributed by atoms with Crippen molar-refractivity contribution in [1.29, 1.82) is 0 Å². The highest BCUT2D eigenvalue weighted by Crippen LogP contribution is 2.36. The Balaban J connectivity index is 2.42. The Hall–Kier alpha value is -1.27. The highest BCUT2D eigenvalue weighted by atomic mass is 79.9. The van der Waals surface area contributed by atoms with Crippen LogP contribution in [0.25, 0.3) is 0 Å². The van der Waals surface area contributed by atoms with Gasteiger partial charge in [-0.25, -0.2) is 0 Å². The molecule has 0 radical (unpaired) electrons. The predicted molar refractivity (Wildman–Crippen MR) is 63.9 cm³/mol. The molecule has 0 amide bonds. The van der Waals surface area contributed by atoms with Crippen LogP contribution in [-0.4, -0.2) is 0 Å². The Morgan fingerprint density at radius 3 is 2.50 bits per heavy atom. The van der Waals surface area contributed by atoms with E-state index < -0.39 is 17.8 Å². The SMILES string of the molecule is NC(c1ccc(Br)c(C(F)(F)F)c1)c1ccco1. The lowest BCUT2D eigenvalue weighted by atomic mass is 10.0. The van der Waals surface area contributed by atoms with Crippen LogP contribution in [0.2, 0.25) is 0 Å². The summed E-state index contributed by atoms with van der Waals surface area (Å²) in [4.78, 5) is 0. The van der Waals surface area contributed by atoms with Gasteiger partial charge in [-0.1, -0.05) is 22.0 Å². The zero-order chi connectivity index (χ0) is 13.3. The molecule has 0 aliphatic rings. The van der Waals surface area contributed by atoms with E-state index >= 15 is 0 Å². The van der Waals surface area contributed by atoms with Crippen molar-refractivity contribution in [1.82, 2.24) is 0 Å². The Morgan fingerprint density at radius 2 is 1.94 bits per heavy atom. The van der Waals surface area contributed by atoms with Crippen LogP contribution in [0.5, 0.6) is 0 Å². The van der Waals surface area contributed by atoms with Gasteiger partial charge in [-0.2, -0.15) is 13.2 Å². The largest absolute Gasteiger partial charge is 0.467 e. The third kappa shape index (κ3) is 2.59. The summed E-state index contributed by atoms with van der Waals surface area (Å²) in [5, 5.41) is 0. The van der Waals surface area contributed by atoms with E-state index in [4.69, 9.17) is 10.2 Å². The molecule has 2 aromatic rings. The van der Waals surface area contributed by atoms with E-state index in [1.54, 1.807) is 12.1 Å². The van der Waals surface area contributed by atoms with Crippen LogP contribution in [0.3, 0.4) is 0 Å². The van der Waals surface area contributed by atoms with Crippen molar-refractivity contribution in [3.8, 4) is 0 Å². The number of benzene rings is 1. The molecule has 0 spiro atoms. The van der Waals surface area contributed by atoms with Crippen molar-refractivity contribution in [3.63, 3.8) is 0 Å². The van der Waals surface area contributed by atoms with Crippen molar-refractivity contribution in [2.24, 2.45) is 5.73 Å². The zero-order valence-corrected chi connectivity index (χ0v) is 10.6. The summed E-state index contributed by atoms with van der Waals surface area (Å²) in [6, 6.07) is 6.44. The first-order valence-electron chi connectivity index (χ1n) is 5.05. The van der Waals surface area contributed by atoms with Gasteiger partial charge < -0.3 is 10.2 Å². The lowest BCUT2D eigenvalue weighted by Crippen LogP contribution is -2.13. The molecule has 1 aromatic carbocycles. The Bertz CT molecular complexity index is 537. The first kappa shape index (κ1) is 13.2. The van der Waals surface area contributed by atoms with Crippen LogP contribution in [0, 0.1) is 0 Å². The molecule has 6 heteroatoms. The lowest BCUT2D eigenvalue weighted by Gasteiger charge is -2.14. The van der Waals surface area contributed by atoms with Gasteiger partial charge in [-0.05, 0) is 29.8 Å². The second kappa shape index (κ2) is 4.78. The minimum atomic E-state index is -4.42. The highest BCUT2D eigenvalue weighted by molar-refractivity contribution is 9.10. The van der Waals surface area contributed by atoms with E-state index in [0.717, 1.165) is 6.07 Å². The molecule has 1 heterocycles. The minimum Gasteiger partial charge on any atom is -0.467 e. The molecule has 0 fully saturated rings. The van der Waals surface area contributed by atoms with Gasteiger partial charge in [-0.3, -0.25) is 0 Å². The molecule has 0 aliphatic carbocycles. The summed E-state index contributed by atoms with van der Waals surface area (Å²) in [5.41, 5.74) is 5.45. The van der Waals surface area contributed by atoms with Crippen molar-refractivity contribution in [2.45, 2.75) is 12.2 Å². The van der Waals surface area contributed by atoms with Gasteiger partial charge in [0.05, 0.1) is 17.9 Å². The second-order valence-corrected chi connectivity index (χ2v) is 4.58. The molecule has 2 N–H and O–H groups in total. The fraction of sp³-hybridized carbons (Fsp3) is 0.167. The molecule has 18 heavy (non-hydrogen) atoms. The van der Waals surface area contributed by atoms with Gasteiger partial charge in [0.1, 0.15) is 5.76 Å². The Kier molecular flexibility index (Phi) is 3.49. The van der Waals surface area contributed by atoms with Gasteiger partial charge in [0.25, 0.3) is 0 Å². The molecule has 96 valence electrons. The van der Waals surface area contributed by atoms with E-state index in [1.165, 1.54) is 18.4 Å². The summed E-state index contributed by atoms with van der Waals surface area (Å²) in [7, 11) is 0. The fourth-order valence-electron chi connectivity index (χ4n) is 1.59. The average molecular weight is 320 g/mol. The first-order chi connectivity index (χ1) is 8.39. The van der Waals surface area contributed by atoms with Crippen molar-refractivity contribution in [2.75, 3.05) is 0 Å². The molecule has 1 atom stereocenters. The summed E-state index contributed by atoms with van der Waals surface area (Å²) in [6.07, 6.45) is -2.99. The van der Waals surface area contributed by atoms with E-state index in [-0.39, 0.29) is 4.47 Å². The molecule has 0 saturated heterocycles. The molecular formula is C12H9BrF3NO. The molecule has 0 saturated carbocycles. The Labute approximate surface area is 110 Å². The van der Waals surface area contributed by atoms with Crippen LogP contribution in [0.15, 0.2) is 45.5 Å². The summed E-state index contributed by atoms with van der Waals surface area (Å²) >= 11 is 2.88. The van der Waals surface area contributed by atoms with E-state index in [9.17, 15) is 13.2 Å². The number of furan rings is 1. The molecule has 2 nitrogen and oxygen atoms in total. The summed E-state index contributed by atoms with van der Waals surface area (Å²) in [6.45, 7) is 0. The van der Waals surface area contributed by atoms with E-state index in [0.29, 0.717) is 11.3 Å². The van der Waals surface area contributed by atoms with E-state index in [1.807, 2.05) is 0 Å². The number of hydrogen-bond donors (Lipinski definition) is 1. The molecule has 0 bridgehead atoms. The number of alkyl halides is 3. The van der Waals surface area contributed by atoms with Crippen LogP contribution in [-0.2, 0) is 6.18 Å². The lowest BCUT2D eigenvalue weighted by molar-refractivity contribution is -0.138. The maximum absolute atomic E-state index is 12.7. The van der Waals surface area contributed by atoms with Crippen molar-refractivity contribution < 1.29 is 17.6 Å². The van der Waals surface area contributed by atoms with Crippen molar-refractivity contribution >= 4 is 15.9 Å². The molecule has 1 unspecified atom stereocenters. The van der Waals surface area contributed by atoms with Crippen LogP contribution in [0.4, 0.5) is 13.2 Å². The molecule has 1 aromatic heterocycles. The quantitative estimate of drug-likeness (QED) is 0.904. The van der Waals surface area contributed by atoms with Gasteiger partial charge in [0.15, 0.2) is 0 Å². The maximum Gasteiger partial charge on any atom is 0.417 e. The summed E-state index contributed by atoms with van der Waals surface area (Å²) < 4.78 is 43.3. The third-order valence-electron chi connectivity index (χ3n) is 2.50. The van der Waals surface area contributed by atoms with E-state index in [2.05, 4.69) is 15.9 Å². The van der Waals surface area contributed by atoms with Crippen LogP contribution >= 0.6 is 15.9 Å². The molecule has 2 rings (SSSR count). The Morgan fingerprint density at radius 1 is 1.22 bits per heavy atom. The predicted octanol–water partition coefficient (Wildman–Crippen LogP) is 4.11. The monoisotopic (exact) mass is 319 g/mol. The van der Waals surface area contributed by atoms with Crippen LogP contribution < -0.4 is 5.73 Å². The van der Waals surface area contributed by atoms with Gasteiger partial charge in [0, 0.05) is 4.47 Å². The second-order valence-electron chi connectivity index (χ2n) is 3.73.